The van der Waals surface area contributed by atoms with Crippen molar-refractivity contribution >= 4 is 5.69 Å². The summed E-state index contributed by atoms with van der Waals surface area (Å²) in [5, 5.41) is 3.52. The number of piperidine rings is 1. The molecule has 2 aliphatic heterocycles. The molecule has 2 aromatic rings. The standard InChI is InChI=1S/C29H42N2O4/c1-3-4-17-33-21-23-6-9-25(10-7-23)26-12-13-30-20-29(26)35-22-24-8-11-28-27(19-24)31(15-18-34-28)14-5-16-32-2/h6-11,19,26,29-30H,3-5,12-18,20-22H2,1-2H3. The number of ether oxygens (including phenoxy) is 4. The van der Waals surface area contributed by atoms with Gasteiger partial charge in [-0.25, -0.2) is 0 Å². The third-order valence-corrected chi connectivity index (χ3v) is 6.97. The van der Waals surface area contributed by atoms with Crippen LogP contribution in [0.4, 0.5) is 5.69 Å². The molecule has 192 valence electrons. The lowest BCUT2D eigenvalue weighted by Gasteiger charge is -2.33. The molecule has 0 bridgehead atoms. The summed E-state index contributed by atoms with van der Waals surface area (Å²) in [5.41, 5.74) is 4.96. The van der Waals surface area contributed by atoms with Gasteiger partial charge in [0.1, 0.15) is 12.4 Å². The number of hydrogen-bond acceptors (Lipinski definition) is 6. The van der Waals surface area contributed by atoms with Crippen molar-refractivity contribution in [3.05, 3.63) is 59.2 Å². The number of benzene rings is 2. The first-order chi connectivity index (χ1) is 17.3. The molecule has 2 unspecified atom stereocenters. The van der Waals surface area contributed by atoms with Gasteiger partial charge in [0.05, 0.1) is 31.5 Å². The van der Waals surface area contributed by atoms with Crippen LogP contribution in [0.1, 0.15) is 55.2 Å². The van der Waals surface area contributed by atoms with Crippen molar-refractivity contribution in [2.24, 2.45) is 0 Å². The Hall–Kier alpha value is -2.12. The molecule has 0 aromatic heterocycles. The van der Waals surface area contributed by atoms with Crippen LogP contribution >= 0.6 is 0 Å². The zero-order valence-corrected chi connectivity index (χ0v) is 21.5. The molecular formula is C29H42N2O4. The Morgan fingerprint density at radius 1 is 1.03 bits per heavy atom. The number of nitrogens with zero attached hydrogens (tertiary/aromatic N) is 1. The summed E-state index contributed by atoms with van der Waals surface area (Å²) in [6.45, 7) is 9.62. The van der Waals surface area contributed by atoms with E-state index in [0.29, 0.717) is 19.1 Å². The zero-order valence-electron chi connectivity index (χ0n) is 21.5. The number of rotatable bonds is 13. The van der Waals surface area contributed by atoms with Gasteiger partial charge in [-0.2, -0.15) is 0 Å². The lowest BCUT2D eigenvalue weighted by Crippen LogP contribution is -2.41. The molecule has 1 N–H and O–H groups in total. The second-order valence-corrected chi connectivity index (χ2v) is 9.58. The molecule has 0 amide bonds. The van der Waals surface area contributed by atoms with E-state index in [2.05, 4.69) is 59.6 Å². The van der Waals surface area contributed by atoms with Crippen molar-refractivity contribution in [1.29, 1.82) is 0 Å². The van der Waals surface area contributed by atoms with Crippen LogP contribution in [0.15, 0.2) is 42.5 Å². The van der Waals surface area contributed by atoms with E-state index in [1.165, 1.54) is 28.8 Å². The fraction of sp³-hybridized carbons (Fsp3) is 0.586. The van der Waals surface area contributed by atoms with E-state index in [0.717, 1.165) is 71.0 Å². The predicted octanol–water partition coefficient (Wildman–Crippen LogP) is 4.90. The highest BCUT2D eigenvalue weighted by molar-refractivity contribution is 5.61. The van der Waals surface area contributed by atoms with E-state index >= 15 is 0 Å². The van der Waals surface area contributed by atoms with E-state index in [1.807, 2.05) is 0 Å². The van der Waals surface area contributed by atoms with Crippen molar-refractivity contribution < 1.29 is 18.9 Å². The fourth-order valence-electron chi connectivity index (χ4n) is 4.93. The van der Waals surface area contributed by atoms with Gasteiger partial charge in [0.15, 0.2) is 0 Å². The van der Waals surface area contributed by atoms with Gasteiger partial charge in [-0.1, -0.05) is 43.7 Å². The summed E-state index contributed by atoms with van der Waals surface area (Å²) in [5.74, 6) is 1.37. The van der Waals surface area contributed by atoms with Gasteiger partial charge in [0.25, 0.3) is 0 Å². The molecule has 6 heteroatoms. The number of nitrogens with one attached hydrogen (secondary N) is 1. The number of fused-ring (bicyclic) bond motifs is 1. The number of hydrogen-bond donors (Lipinski definition) is 1. The Kier molecular flexibility index (Phi) is 10.3. The van der Waals surface area contributed by atoms with Gasteiger partial charge in [-0.3, -0.25) is 0 Å². The highest BCUT2D eigenvalue weighted by Gasteiger charge is 2.27. The van der Waals surface area contributed by atoms with Crippen LogP contribution in [0, 0.1) is 0 Å². The monoisotopic (exact) mass is 482 g/mol. The van der Waals surface area contributed by atoms with Crippen LogP contribution in [0.2, 0.25) is 0 Å². The largest absolute Gasteiger partial charge is 0.490 e. The van der Waals surface area contributed by atoms with Crippen molar-refractivity contribution in [3.8, 4) is 5.75 Å². The van der Waals surface area contributed by atoms with Crippen LogP contribution < -0.4 is 15.0 Å². The molecule has 6 nitrogen and oxygen atoms in total. The minimum Gasteiger partial charge on any atom is -0.490 e. The third-order valence-electron chi connectivity index (χ3n) is 6.97. The van der Waals surface area contributed by atoms with E-state index < -0.39 is 0 Å². The normalized spacial score (nSPS) is 19.9. The first-order valence-electron chi connectivity index (χ1n) is 13.3. The number of anilines is 1. The van der Waals surface area contributed by atoms with Crippen LogP contribution in [-0.2, 0) is 27.4 Å². The van der Waals surface area contributed by atoms with E-state index in [4.69, 9.17) is 18.9 Å². The summed E-state index contributed by atoms with van der Waals surface area (Å²) in [6.07, 6.45) is 4.54. The molecule has 1 fully saturated rings. The van der Waals surface area contributed by atoms with Crippen LogP contribution in [0.25, 0.3) is 0 Å². The summed E-state index contributed by atoms with van der Waals surface area (Å²) in [6, 6.07) is 15.4. The Balaban J connectivity index is 1.35. The molecule has 2 atom stereocenters. The Morgan fingerprint density at radius 2 is 1.89 bits per heavy atom. The topological polar surface area (TPSA) is 52.2 Å². The number of unbranched alkanes of at least 4 members (excludes halogenated alkanes) is 1. The molecule has 0 aliphatic carbocycles. The van der Waals surface area contributed by atoms with Crippen molar-refractivity contribution in [1.82, 2.24) is 5.32 Å². The van der Waals surface area contributed by atoms with E-state index in [-0.39, 0.29) is 6.10 Å². The maximum Gasteiger partial charge on any atom is 0.142 e. The first-order valence-corrected chi connectivity index (χ1v) is 13.3. The first kappa shape index (κ1) is 26.0. The Morgan fingerprint density at radius 3 is 2.71 bits per heavy atom. The average molecular weight is 483 g/mol. The lowest BCUT2D eigenvalue weighted by atomic mass is 9.87. The molecule has 4 rings (SSSR count). The highest BCUT2D eigenvalue weighted by atomic mass is 16.5. The minimum atomic E-state index is 0.153. The molecule has 0 saturated carbocycles. The fourth-order valence-corrected chi connectivity index (χ4v) is 4.93. The van der Waals surface area contributed by atoms with Gasteiger partial charge in [-0.05, 0) is 54.6 Å². The molecule has 2 heterocycles. The van der Waals surface area contributed by atoms with Gasteiger partial charge in [0.2, 0.25) is 0 Å². The molecule has 0 spiro atoms. The summed E-state index contributed by atoms with van der Waals surface area (Å²) >= 11 is 0. The van der Waals surface area contributed by atoms with Crippen LogP contribution in [0.5, 0.6) is 5.75 Å². The van der Waals surface area contributed by atoms with Crippen LogP contribution in [-0.4, -0.2) is 59.2 Å². The van der Waals surface area contributed by atoms with Crippen molar-refractivity contribution in [3.63, 3.8) is 0 Å². The molecule has 0 radical (unpaired) electrons. The third kappa shape index (κ3) is 7.43. The minimum absolute atomic E-state index is 0.153. The van der Waals surface area contributed by atoms with Crippen LogP contribution in [0.3, 0.4) is 0 Å². The lowest BCUT2D eigenvalue weighted by molar-refractivity contribution is 0.0106. The van der Waals surface area contributed by atoms with Crippen molar-refractivity contribution in [2.45, 2.75) is 57.8 Å². The summed E-state index contributed by atoms with van der Waals surface area (Å²) in [7, 11) is 1.76. The molecule has 2 aliphatic rings. The second kappa shape index (κ2) is 13.8. The predicted molar refractivity (Wildman–Crippen MR) is 140 cm³/mol. The van der Waals surface area contributed by atoms with Gasteiger partial charge in [-0.15, -0.1) is 0 Å². The molecule has 2 aromatic carbocycles. The van der Waals surface area contributed by atoms with Gasteiger partial charge < -0.3 is 29.2 Å². The van der Waals surface area contributed by atoms with E-state index in [1.54, 1.807) is 7.11 Å². The van der Waals surface area contributed by atoms with Gasteiger partial charge >= 0.3 is 0 Å². The Bertz CT molecular complexity index is 889. The maximum absolute atomic E-state index is 6.52. The second-order valence-electron chi connectivity index (χ2n) is 9.58. The maximum atomic E-state index is 6.52. The summed E-state index contributed by atoms with van der Waals surface area (Å²) < 4.78 is 23.4. The molecule has 35 heavy (non-hydrogen) atoms. The smallest absolute Gasteiger partial charge is 0.142 e. The molecule has 1 saturated heterocycles. The Labute approximate surface area is 210 Å². The van der Waals surface area contributed by atoms with E-state index in [9.17, 15) is 0 Å². The summed E-state index contributed by atoms with van der Waals surface area (Å²) in [4.78, 5) is 2.40. The number of methoxy groups -OCH3 is 1. The quantitative estimate of drug-likeness (QED) is 0.410. The van der Waals surface area contributed by atoms with Gasteiger partial charge in [0, 0.05) is 39.3 Å². The van der Waals surface area contributed by atoms with Crippen molar-refractivity contribution in [2.75, 3.05) is 58.0 Å². The highest BCUT2D eigenvalue weighted by Crippen LogP contribution is 2.34. The average Bonchev–Trinajstić information content (AvgIpc) is 2.91. The molecular weight excluding hydrogens is 440 g/mol. The SMILES string of the molecule is CCCCOCc1ccc(C2CCNCC2OCc2ccc3c(c2)N(CCCOC)CCO3)cc1. The zero-order chi connectivity index (χ0) is 24.3.